The molecule has 0 spiro atoms. The Bertz CT molecular complexity index is 1150. The third-order valence-electron chi connectivity index (χ3n) is 3.99. The van der Waals surface area contributed by atoms with E-state index in [0.29, 0.717) is 4.57 Å². The first-order chi connectivity index (χ1) is 15.0. The van der Waals surface area contributed by atoms with E-state index in [9.17, 15) is 31.5 Å². The van der Waals surface area contributed by atoms with Crippen LogP contribution < -0.4 is 10.1 Å². The molecule has 0 saturated heterocycles. The number of rotatable bonds is 7. The minimum Gasteiger partial charge on any atom is -0.454 e. The number of aromatic nitrogens is 2. The van der Waals surface area contributed by atoms with Crippen molar-refractivity contribution in [1.29, 1.82) is 0 Å². The predicted octanol–water partition coefficient (Wildman–Crippen LogP) is 4.49. The number of carbonyl (C=O) groups is 2. The van der Waals surface area contributed by atoms with Crippen LogP contribution in [0.3, 0.4) is 0 Å². The second-order valence-electron chi connectivity index (χ2n) is 6.24. The Kier molecular flexibility index (Phi) is 6.82. The molecular formula is C19H13ClF5N3O4. The summed E-state index contributed by atoms with van der Waals surface area (Å²) in [5.74, 6) is -3.52. The zero-order chi connectivity index (χ0) is 23.5. The summed E-state index contributed by atoms with van der Waals surface area (Å²) in [6, 6.07) is 9.16. The van der Waals surface area contributed by atoms with Crippen LogP contribution in [0.25, 0.3) is 11.0 Å². The van der Waals surface area contributed by atoms with Gasteiger partial charge in [0.15, 0.2) is 6.61 Å². The monoisotopic (exact) mass is 477 g/mol. The molecule has 1 aromatic heterocycles. The molecule has 2 aromatic carbocycles. The van der Waals surface area contributed by atoms with E-state index in [1.54, 1.807) is 0 Å². The molecule has 7 nitrogen and oxygen atoms in total. The molecule has 13 heteroatoms. The van der Waals surface area contributed by atoms with Crippen LogP contribution in [0, 0.1) is 0 Å². The molecule has 0 radical (unpaired) electrons. The normalized spacial score (nSPS) is 11.6. The van der Waals surface area contributed by atoms with E-state index in [1.807, 2.05) is 0 Å². The van der Waals surface area contributed by atoms with E-state index in [-0.39, 0.29) is 27.5 Å². The number of nitrogens with zero attached hydrogens (tertiary/aromatic N) is 2. The first-order valence-electron chi connectivity index (χ1n) is 8.77. The van der Waals surface area contributed by atoms with E-state index in [4.69, 9.17) is 16.3 Å². The first kappa shape index (κ1) is 23.3. The molecule has 1 amide bonds. The fourth-order valence-corrected chi connectivity index (χ4v) is 2.97. The van der Waals surface area contributed by atoms with Gasteiger partial charge in [-0.25, -0.2) is 4.98 Å². The van der Waals surface area contributed by atoms with E-state index >= 15 is 0 Å². The van der Waals surface area contributed by atoms with Gasteiger partial charge in [0.05, 0.1) is 16.1 Å². The summed E-state index contributed by atoms with van der Waals surface area (Å²) in [6.07, 6.45) is -4.81. The Morgan fingerprint density at radius 1 is 1.16 bits per heavy atom. The van der Waals surface area contributed by atoms with Gasteiger partial charge >= 0.3 is 18.8 Å². The average molecular weight is 478 g/mol. The highest BCUT2D eigenvalue weighted by atomic mass is 35.5. The molecule has 0 aliphatic heterocycles. The van der Waals surface area contributed by atoms with Crippen molar-refractivity contribution in [3.8, 4) is 5.75 Å². The molecule has 0 atom stereocenters. The largest absolute Gasteiger partial charge is 0.454 e. The minimum absolute atomic E-state index is 0.0431. The molecule has 32 heavy (non-hydrogen) atoms. The van der Waals surface area contributed by atoms with Crippen LogP contribution in [0.5, 0.6) is 5.75 Å². The number of alkyl halides is 5. The number of para-hydroxylation sites is 2. The lowest BCUT2D eigenvalue weighted by atomic mass is 10.3. The molecule has 0 bridgehead atoms. The number of ether oxygens (including phenoxy) is 2. The summed E-state index contributed by atoms with van der Waals surface area (Å²) in [4.78, 5) is 27.5. The Labute approximate surface area is 181 Å². The minimum atomic E-state index is -4.81. The Hall–Kier alpha value is -3.41. The molecular weight excluding hydrogens is 465 g/mol. The van der Waals surface area contributed by atoms with E-state index in [0.717, 1.165) is 12.1 Å². The van der Waals surface area contributed by atoms with Gasteiger partial charge < -0.3 is 19.4 Å². The molecule has 1 heterocycles. The van der Waals surface area contributed by atoms with Crippen LogP contribution >= 0.6 is 11.6 Å². The van der Waals surface area contributed by atoms with Crippen LogP contribution in [0.2, 0.25) is 5.02 Å². The van der Waals surface area contributed by atoms with Gasteiger partial charge in [0.1, 0.15) is 12.3 Å². The van der Waals surface area contributed by atoms with Crippen LogP contribution in [-0.2, 0) is 27.0 Å². The molecule has 0 saturated carbocycles. The molecule has 170 valence electrons. The van der Waals surface area contributed by atoms with Crippen LogP contribution in [0.4, 0.5) is 27.6 Å². The number of halogens is 6. The van der Waals surface area contributed by atoms with Crippen molar-refractivity contribution in [1.82, 2.24) is 9.55 Å². The van der Waals surface area contributed by atoms with Crippen molar-refractivity contribution >= 4 is 40.2 Å². The Balaban J connectivity index is 1.62. The van der Waals surface area contributed by atoms with Gasteiger partial charge in [0.2, 0.25) is 5.82 Å². The van der Waals surface area contributed by atoms with Gasteiger partial charge in [-0.05, 0) is 30.3 Å². The summed E-state index contributed by atoms with van der Waals surface area (Å²) in [6.45, 7) is -4.72. The average Bonchev–Trinajstić information content (AvgIpc) is 3.07. The maximum atomic E-state index is 13.3. The van der Waals surface area contributed by atoms with E-state index < -0.39 is 43.6 Å². The summed E-state index contributed by atoms with van der Waals surface area (Å²) in [5.41, 5.74) is 0.209. The summed E-state index contributed by atoms with van der Waals surface area (Å²) >= 11 is 5.77. The molecule has 3 aromatic rings. The number of amides is 1. The third-order valence-corrected chi connectivity index (χ3v) is 4.29. The predicted molar refractivity (Wildman–Crippen MR) is 102 cm³/mol. The van der Waals surface area contributed by atoms with Gasteiger partial charge in [-0.3, -0.25) is 9.59 Å². The highest BCUT2D eigenvalue weighted by Gasteiger charge is 2.38. The summed E-state index contributed by atoms with van der Waals surface area (Å²) < 4.78 is 73.8. The Morgan fingerprint density at radius 2 is 1.88 bits per heavy atom. The molecule has 3 rings (SSSR count). The number of hydrogen-bond acceptors (Lipinski definition) is 5. The van der Waals surface area contributed by atoms with E-state index in [2.05, 4.69) is 15.0 Å². The van der Waals surface area contributed by atoms with Crippen molar-refractivity contribution in [2.45, 2.75) is 19.3 Å². The fourth-order valence-electron chi connectivity index (χ4n) is 2.74. The molecule has 0 unspecified atom stereocenters. The SMILES string of the molecule is O=C(COC(=O)Cn1c(C(F)(F)F)nc2ccccc21)Nc1ccc(OC(F)F)c(Cl)c1. The number of nitrogens with one attached hydrogen (secondary N) is 1. The number of esters is 1. The highest BCUT2D eigenvalue weighted by molar-refractivity contribution is 6.32. The number of hydrogen-bond donors (Lipinski definition) is 1. The van der Waals surface area contributed by atoms with Crippen molar-refractivity contribution in [2.24, 2.45) is 0 Å². The lowest BCUT2D eigenvalue weighted by molar-refractivity contribution is -0.152. The van der Waals surface area contributed by atoms with Crippen LogP contribution in [-0.4, -0.2) is 34.6 Å². The van der Waals surface area contributed by atoms with Crippen LogP contribution in [0.1, 0.15) is 5.82 Å². The highest BCUT2D eigenvalue weighted by Crippen LogP contribution is 2.31. The number of fused-ring (bicyclic) bond motifs is 1. The number of imidazole rings is 1. The van der Waals surface area contributed by atoms with E-state index in [1.165, 1.54) is 30.3 Å². The second-order valence-corrected chi connectivity index (χ2v) is 6.65. The summed E-state index contributed by atoms with van der Waals surface area (Å²) in [7, 11) is 0. The van der Waals surface area contributed by atoms with Crippen molar-refractivity contribution in [3.63, 3.8) is 0 Å². The zero-order valence-corrected chi connectivity index (χ0v) is 16.6. The summed E-state index contributed by atoms with van der Waals surface area (Å²) in [5, 5.41) is 2.10. The van der Waals surface area contributed by atoms with Crippen molar-refractivity contribution < 1.29 is 41.0 Å². The Morgan fingerprint density at radius 3 is 2.53 bits per heavy atom. The molecule has 1 N–H and O–H groups in total. The van der Waals surface area contributed by atoms with Crippen molar-refractivity contribution in [2.75, 3.05) is 11.9 Å². The van der Waals surface area contributed by atoms with Crippen molar-refractivity contribution in [3.05, 3.63) is 53.3 Å². The maximum Gasteiger partial charge on any atom is 0.449 e. The number of benzene rings is 2. The molecule has 0 aliphatic carbocycles. The van der Waals surface area contributed by atoms with Crippen LogP contribution in [0.15, 0.2) is 42.5 Å². The standard InChI is InChI=1S/C19H13ClF5N3O4/c20-11-7-10(5-6-14(11)32-18(21)22)26-15(29)9-31-16(30)8-28-13-4-2-1-3-12(13)27-17(28)19(23,24)25/h1-7,18H,8-9H2,(H,26,29). The fraction of sp³-hybridized carbons (Fsp3) is 0.211. The smallest absolute Gasteiger partial charge is 0.449 e. The third kappa shape index (κ3) is 5.63. The zero-order valence-electron chi connectivity index (χ0n) is 15.8. The quantitative estimate of drug-likeness (QED) is 0.400. The second kappa shape index (κ2) is 9.39. The van der Waals surface area contributed by atoms with Gasteiger partial charge in [-0.15, -0.1) is 0 Å². The molecule has 0 fully saturated rings. The van der Waals surface area contributed by atoms with Gasteiger partial charge in [-0.2, -0.15) is 22.0 Å². The maximum absolute atomic E-state index is 13.3. The topological polar surface area (TPSA) is 82.5 Å². The van der Waals surface area contributed by atoms with Gasteiger partial charge in [-0.1, -0.05) is 23.7 Å². The number of anilines is 1. The van der Waals surface area contributed by atoms with Gasteiger partial charge in [0, 0.05) is 5.69 Å². The lowest BCUT2D eigenvalue weighted by Gasteiger charge is -2.12. The first-order valence-corrected chi connectivity index (χ1v) is 9.14. The number of carbonyl (C=O) groups excluding carboxylic acids is 2. The lowest BCUT2D eigenvalue weighted by Crippen LogP contribution is -2.24. The molecule has 0 aliphatic rings. The van der Waals surface area contributed by atoms with Gasteiger partial charge in [0.25, 0.3) is 5.91 Å².